The minimum atomic E-state index is -2.99. The van der Waals surface area contributed by atoms with Gasteiger partial charge in [-0.3, -0.25) is 4.79 Å². The van der Waals surface area contributed by atoms with Crippen molar-refractivity contribution in [2.24, 2.45) is 5.73 Å². The van der Waals surface area contributed by atoms with E-state index in [0.29, 0.717) is 0 Å². The van der Waals surface area contributed by atoms with Gasteiger partial charge in [0.15, 0.2) is 0 Å². The number of nitrogens with two attached hydrogens (primary N) is 1. The van der Waals surface area contributed by atoms with Gasteiger partial charge in [-0.2, -0.15) is 4.39 Å². The Morgan fingerprint density at radius 2 is 2.24 bits per heavy atom. The van der Waals surface area contributed by atoms with Gasteiger partial charge in [-0.05, 0) is 11.6 Å². The van der Waals surface area contributed by atoms with E-state index in [-0.39, 0.29) is 24.2 Å². The number of alkyl halides is 2. The number of halogens is 3. The zero-order chi connectivity index (χ0) is 13.0. The van der Waals surface area contributed by atoms with Crippen molar-refractivity contribution in [3.05, 3.63) is 28.8 Å². The highest BCUT2D eigenvalue weighted by Gasteiger charge is 2.19. The summed E-state index contributed by atoms with van der Waals surface area (Å²) in [6, 6.07) is 0.895. The Labute approximate surface area is 95.6 Å². The van der Waals surface area contributed by atoms with E-state index >= 15 is 0 Å². The quantitative estimate of drug-likeness (QED) is 0.645. The Bertz CT molecular complexity index is 424. The van der Waals surface area contributed by atoms with Gasteiger partial charge in [0.1, 0.15) is 0 Å². The van der Waals surface area contributed by atoms with Crippen LogP contribution in [0.1, 0.15) is 23.2 Å². The molecular formula is C10H11F3N2O2. The molecule has 0 bridgehead atoms. The van der Waals surface area contributed by atoms with Gasteiger partial charge in [0.2, 0.25) is 5.95 Å². The van der Waals surface area contributed by atoms with E-state index in [9.17, 15) is 18.0 Å². The molecule has 1 heterocycles. The van der Waals surface area contributed by atoms with Crippen molar-refractivity contribution in [3.8, 4) is 0 Å². The first-order valence-electron chi connectivity index (χ1n) is 4.72. The minimum Gasteiger partial charge on any atom is -0.469 e. The minimum absolute atomic E-state index is 0.0669. The first-order chi connectivity index (χ1) is 7.99. The van der Waals surface area contributed by atoms with Crippen molar-refractivity contribution in [1.82, 2.24) is 4.98 Å². The van der Waals surface area contributed by atoms with Gasteiger partial charge < -0.3 is 10.5 Å². The number of rotatable bonds is 4. The van der Waals surface area contributed by atoms with Gasteiger partial charge in [-0.15, -0.1) is 0 Å². The third-order valence-electron chi connectivity index (χ3n) is 2.16. The molecule has 17 heavy (non-hydrogen) atoms. The first kappa shape index (κ1) is 13.4. The maximum atomic E-state index is 13.1. The van der Waals surface area contributed by atoms with Gasteiger partial charge in [0.05, 0.1) is 24.8 Å². The number of carbonyl (C=O) groups is 1. The van der Waals surface area contributed by atoms with Gasteiger partial charge in [0, 0.05) is 6.54 Å². The molecule has 0 aromatic carbocycles. The number of methoxy groups -OCH3 is 1. The Hall–Kier alpha value is -1.63. The SMILES string of the molecule is COC(=O)Cc1cc(C(F)F)c(F)nc1CN. The summed E-state index contributed by atoms with van der Waals surface area (Å²) < 4.78 is 42.4. The number of ether oxygens (including phenoxy) is 1. The lowest BCUT2D eigenvalue weighted by atomic mass is 10.1. The van der Waals surface area contributed by atoms with Gasteiger partial charge in [-0.25, -0.2) is 13.8 Å². The second kappa shape index (κ2) is 5.62. The van der Waals surface area contributed by atoms with Crippen LogP contribution in [0.3, 0.4) is 0 Å². The summed E-state index contributed by atoms with van der Waals surface area (Å²) in [5, 5.41) is 0. The summed E-state index contributed by atoms with van der Waals surface area (Å²) in [7, 11) is 1.16. The number of esters is 1. The lowest BCUT2D eigenvalue weighted by Crippen LogP contribution is -2.13. The van der Waals surface area contributed by atoms with E-state index in [1.807, 2.05) is 0 Å². The molecule has 94 valence electrons. The fraction of sp³-hybridized carbons (Fsp3) is 0.400. The van der Waals surface area contributed by atoms with E-state index in [2.05, 4.69) is 9.72 Å². The van der Waals surface area contributed by atoms with Crippen LogP contribution in [0.5, 0.6) is 0 Å². The number of aromatic nitrogens is 1. The third-order valence-corrected chi connectivity index (χ3v) is 2.16. The molecule has 0 unspecified atom stereocenters. The Morgan fingerprint density at radius 3 is 2.71 bits per heavy atom. The van der Waals surface area contributed by atoms with E-state index in [1.165, 1.54) is 0 Å². The first-order valence-corrected chi connectivity index (χ1v) is 4.72. The van der Waals surface area contributed by atoms with Crippen LogP contribution in [0, 0.1) is 5.95 Å². The van der Waals surface area contributed by atoms with Crippen molar-refractivity contribution in [2.45, 2.75) is 19.4 Å². The normalized spacial score (nSPS) is 10.7. The van der Waals surface area contributed by atoms with Crippen LogP contribution in [0.15, 0.2) is 6.07 Å². The highest BCUT2D eigenvalue weighted by Crippen LogP contribution is 2.23. The Balaban J connectivity index is 3.16. The van der Waals surface area contributed by atoms with E-state index in [4.69, 9.17) is 5.73 Å². The molecule has 0 amide bonds. The zero-order valence-electron chi connectivity index (χ0n) is 9.04. The molecule has 1 aromatic heterocycles. The summed E-state index contributed by atoms with van der Waals surface area (Å²) in [6.07, 6.45) is -3.26. The number of hydrogen-bond acceptors (Lipinski definition) is 4. The maximum Gasteiger partial charge on any atom is 0.310 e. The van der Waals surface area contributed by atoms with E-state index < -0.39 is 23.9 Å². The molecule has 0 aliphatic heterocycles. The molecule has 0 radical (unpaired) electrons. The number of carbonyl (C=O) groups excluding carboxylic acids is 1. The third kappa shape index (κ3) is 3.16. The van der Waals surface area contributed by atoms with Crippen LogP contribution in [0.25, 0.3) is 0 Å². The fourth-order valence-corrected chi connectivity index (χ4v) is 1.30. The Kier molecular flexibility index (Phi) is 4.45. The summed E-state index contributed by atoms with van der Waals surface area (Å²) in [6.45, 7) is -0.146. The lowest BCUT2D eigenvalue weighted by molar-refractivity contribution is -0.139. The molecule has 2 N–H and O–H groups in total. The topological polar surface area (TPSA) is 65.2 Å². The number of pyridine rings is 1. The molecule has 0 atom stereocenters. The highest BCUT2D eigenvalue weighted by atomic mass is 19.3. The van der Waals surface area contributed by atoms with Gasteiger partial charge in [0.25, 0.3) is 6.43 Å². The van der Waals surface area contributed by atoms with Gasteiger partial charge in [-0.1, -0.05) is 0 Å². The maximum absolute atomic E-state index is 13.1. The van der Waals surface area contributed by atoms with E-state index in [0.717, 1.165) is 13.2 Å². The fourth-order valence-electron chi connectivity index (χ4n) is 1.30. The average molecular weight is 248 g/mol. The molecule has 0 saturated heterocycles. The van der Waals surface area contributed by atoms with Crippen LogP contribution < -0.4 is 5.73 Å². The predicted molar refractivity (Wildman–Crippen MR) is 52.8 cm³/mol. The summed E-state index contributed by atoms with van der Waals surface area (Å²) in [5.41, 5.74) is 4.66. The van der Waals surface area contributed by atoms with Crippen molar-refractivity contribution < 1.29 is 22.7 Å². The standard InChI is InChI=1S/C10H11F3N2O2/c1-17-8(16)3-5-2-6(9(11)12)10(13)15-7(5)4-14/h2,9H,3-4,14H2,1H3. The van der Waals surface area contributed by atoms with Gasteiger partial charge >= 0.3 is 5.97 Å². The summed E-state index contributed by atoms with van der Waals surface area (Å²) in [5.74, 6) is -1.90. The molecule has 1 rings (SSSR count). The van der Waals surface area contributed by atoms with E-state index in [1.54, 1.807) is 0 Å². The number of nitrogens with zero attached hydrogens (tertiary/aromatic N) is 1. The smallest absolute Gasteiger partial charge is 0.310 e. The van der Waals surface area contributed by atoms with Crippen molar-refractivity contribution in [1.29, 1.82) is 0 Å². The predicted octanol–water partition coefficient (Wildman–Crippen LogP) is 1.33. The molecule has 0 saturated carbocycles. The van der Waals surface area contributed by atoms with Crippen LogP contribution in [-0.4, -0.2) is 18.1 Å². The monoisotopic (exact) mass is 248 g/mol. The summed E-state index contributed by atoms with van der Waals surface area (Å²) >= 11 is 0. The van der Waals surface area contributed by atoms with Crippen molar-refractivity contribution >= 4 is 5.97 Å². The molecule has 0 aliphatic carbocycles. The second-order valence-corrected chi connectivity index (χ2v) is 3.23. The molecule has 0 aliphatic rings. The zero-order valence-corrected chi connectivity index (χ0v) is 9.04. The molecule has 7 heteroatoms. The Morgan fingerprint density at radius 1 is 1.59 bits per heavy atom. The van der Waals surface area contributed by atoms with Crippen LogP contribution >= 0.6 is 0 Å². The van der Waals surface area contributed by atoms with Crippen LogP contribution in [-0.2, 0) is 22.5 Å². The average Bonchev–Trinajstić information content (AvgIpc) is 2.30. The number of hydrogen-bond donors (Lipinski definition) is 1. The largest absolute Gasteiger partial charge is 0.469 e. The molecule has 4 nitrogen and oxygen atoms in total. The summed E-state index contributed by atoms with van der Waals surface area (Å²) in [4.78, 5) is 14.4. The molecule has 0 spiro atoms. The lowest BCUT2D eigenvalue weighted by Gasteiger charge is -2.09. The second-order valence-electron chi connectivity index (χ2n) is 3.23. The molecular weight excluding hydrogens is 237 g/mol. The highest BCUT2D eigenvalue weighted by molar-refractivity contribution is 5.72. The van der Waals surface area contributed by atoms with Crippen LogP contribution in [0.2, 0.25) is 0 Å². The molecule has 1 aromatic rings. The molecule has 0 fully saturated rings. The van der Waals surface area contributed by atoms with Crippen molar-refractivity contribution in [2.75, 3.05) is 7.11 Å². The van der Waals surface area contributed by atoms with Crippen molar-refractivity contribution in [3.63, 3.8) is 0 Å². The van der Waals surface area contributed by atoms with Crippen LogP contribution in [0.4, 0.5) is 13.2 Å².